The van der Waals surface area contributed by atoms with E-state index in [-0.39, 0.29) is 0 Å². The van der Waals surface area contributed by atoms with Crippen LogP contribution in [0.2, 0.25) is 0 Å². The van der Waals surface area contributed by atoms with Crippen LogP contribution < -0.4 is 0 Å². The maximum atomic E-state index is 5.80. The molecule has 116 valence electrons. The zero-order valence-electron chi connectivity index (χ0n) is 12.6. The van der Waals surface area contributed by atoms with Gasteiger partial charge in [-0.15, -0.1) is 0 Å². The fourth-order valence-electron chi connectivity index (χ4n) is 1.45. The van der Waals surface area contributed by atoms with Crippen molar-refractivity contribution < 1.29 is 18.3 Å². The van der Waals surface area contributed by atoms with Crippen LogP contribution in [0.25, 0.3) is 0 Å². The standard InChI is InChI=1S/C15H28O4Si/c1-5-16-11-7-9-13-18-20(15(3)4)19-14-10-8-12-17-6-2/h5-6,20H,1-3,7-14H2,4H3. The lowest BCUT2D eigenvalue weighted by molar-refractivity contribution is 0.178. The maximum Gasteiger partial charge on any atom is 0.350 e. The zero-order valence-corrected chi connectivity index (χ0v) is 13.8. The van der Waals surface area contributed by atoms with Gasteiger partial charge in [-0.3, -0.25) is 0 Å². The lowest BCUT2D eigenvalue weighted by atomic mass is 10.3. The van der Waals surface area contributed by atoms with Crippen molar-refractivity contribution in [2.24, 2.45) is 0 Å². The summed E-state index contributed by atoms with van der Waals surface area (Å²) in [6.45, 7) is 15.7. The van der Waals surface area contributed by atoms with Gasteiger partial charge in [0.15, 0.2) is 0 Å². The smallest absolute Gasteiger partial charge is 0.350 e. The minimum Gasteiger partial charge on any atom is -0.502 e. The van der Waals surface area contributed by atoms with Gasteiger partial charge in [-0.1, -0.05) is 19.7 Å². The molecule has 0 aromatic carbocycles. The zero-order chi connectivity index (χ0) is 15.1. The van der Waals surface area contributed by atoms with Crippen LogP contribution in [0.5, 0.6) is 0 Å². The average Bonchev–Trinajstić information content (AvgIpc) is 2.43. The number of allylic oxidation sites excluding steroid dienone is 1. The monoisotopic (exact) mass is 300 g/mol. The van der Waals surface area contributed by atoms with Gasteiger partial charge in [0.2, 0.25) is 0 Å². The SMILES string of the molecule is C=COCCCCO[SiH](OCCCCOC=C)C(=C)C. The van der Waals surface area contributed by atoms with Crippen molar-refractivity contribution in [3.63, 3.8) is 0 Å². The fraction of sp³-hybridized carbons (Fsp3) is 0.600. The molecule has 0 spiro atoms. The Morgan fingerprint density at radius 3 is 1.60 bits per heavy atom. The predicted octanol–water partition coefficient (Wildman–Crippen LogP) is 3.24. The van der Waals surface area contributed by atoms with Gasteiger partial charge >= 0.3 is 9.28 Å². The molecule has 0 fully saturated rings. The van der Waals surface area contributed by atoms with Crippen molar-refractivity contribution in [2.75, 3.05) is 26.4 Å². The molecule has 0 aliphatic rings. The lowest BCUT2D eigenvalue weighted by Crippen LogP contribution is -2.25. The summed E-state index contributed by atoms with van der Waals surface area (Å²) in [6, 6.07) is 0. The third-order valence-corrected chi connectivity index (χ3v) is 4.37. The van der Waals surface area contributed by atoms with E-state index in [0.717, 1.165) is 30.9 Å². The molecule has 0 radical (unpaired) electrons. The summed E-state index contributed by atoms with van der Waals surface area (Å²) in [5.74, 6) is 0. The number of hydrogen-bond acceptors (Lipinski definition) is 4. The van der Waals surface area contributed by atoms with Gasteiger partial charge in [0, 0.05) is 13.2 Å². The highest BCUT2D eigenvalue weighted by molar-refractivity contribution is 6.53. The molecule has 0 aromatic heterocycles. The first-order valence-corrected chi connectivity index (χ1v) is 8.58. The van der Waals surface area contributed by atoms with Crippen LogP contribution in [0, 0.1) is 0 Å². The van der Waals surface area contributed by atoms with Gasteiger partial charge in [-0.25, -0.2) is 0 Å². The largest absolute Gasteiger partial charge is 0.502 e. The van der Waals surface area contributed by atoms with Crippen LogP contribution in [0.1, 0.15) is 32.6 Å². The quantitative estimate of drug-likeness (QED) is 0.264. The average molecular weight is 300 g/mol. The van der Waals surface area contributed by atoms with E-state index in [9.17, 15) is 0 Å². The van der Waals surface area contributed by atoms with E-state index in [4.69, 9.17) is 18.3 Å². The van der Waals surface area contributed by atoms with Crippen LogP contribution in [0.4, 0.5) is 0 Å². The van der Waals surface area contributed by atoms with Crippen molar-refractivity contribution in [2.45, 2.75) is 32.6 Å². The summed E-state index contributed by atoms with van der Waals surface area (Å²) in [5, 5.41) is 1.02. The third-order valence-electron chi connectivity index (χ3n) is 2.49. The van der Waals surface area contributed by atoms with Crippen molar-refractivity contribution in [1.29, 1.82) is 0 Å². The Morgan fingerprint density at radius 1 is 0.850 bits per heavy atom. The molecule has 0 aromatic rings. The van der Waals surface area contributed by atoms with Gasteiger partial charge in [0.1, 0.15) is 0 Å². The van der Waals surface area contributed by atoms with E-state index in [1.807, 2.05) is 6.92 Å². The predicted molar refractivity (Wildman–Crippen MR) is 84.6 cm³/mol. The highest BCUT2D eigenvalue weighted by atomic mass is 28.3. The first-order chi connectivity index (χ1) is 9.72. The number of unbranched alkanes of at least 4 members (excludes halogenated alkanes) is 2. The highest BCUT2D eigenvalue weighted by Crippen LogP contribution is 2.04. The van der Waals surface area contributed by atoms with E-state index in [1.54, 1.807) is 0 Å². The summed E-state index contributed by atoms with van der Waals surface area (Å²) in [5.41, 5.74) is 0. The van der Waals surface area contributed by atoms with Crippen LogP contribution in [-0.4, -0.2) is 35.7 Å². The fourth-order valence-corrected chi connectivity index (χ4v) is 2.88. The Bertz CT molecular complexity index is 249. The normalized spacial score (nSPS) is 10.3. The summed E-state index contributed by atoms with van der Waals surface area (Å²) >= 11 is 0. The van der Waals surface area contributed by atoms with Crippen LogP contribution >= 0.6 is 0 Å². The topological polar surface area (TPSA) is 36.9 Å². The van der Waals surface area contributed by atoms with Gasteiger partial charge in [0.25, 0.3) is 0 Å². The van der Waals surface area contributed by atoms with Gasteiger partial charge in [-0.2, -0.15) is 0 Å². The molecule has 0 aliphatic carbocycles. The van der Waals surface area contributed by atoms with E-state index >= 15 is 0 Å². The van der Waals surface area contributed by atoms with Crippen LogP contribution in [0.15, 0.2) is 37.5 Å². The molecule has 4 nitrogen and oxygen atoms in total. The summed E-state index contributed by atoms with van der Waals surface area (Å²) in [4.78, 5) is 0. The summed E-state index contributed by atoms with van der Waals surface area (Å²) < 4.78 is 21.7. The Kier molecular flexibility index (Phi) is 13.6. The van der Waals surface area contributed by atoms with E-state index in [0.29, 0.717) is 26.4 Å². The molecule has 0 N–H and O–H groups in total. The lowest BCUT2D eigenvalue weighted by Gasteiger charge is -2.16. The first kappa shape index (κ1) is 19.0. The van der Waals surface area contributed by atoms with Crippen LogP contribution in [0.3, 0.4) is 0 Å². The number of rotatable bonds is 15. The molecule has 0 aliphatic heterocycles. The van der Waals surface area contributed by atoms with Crippen LogP contribution in [-0.2, 0) is 18.3 Å². The third kappa shape index (κ3) is 12.0. The second-order valence-corrected chi connectivity index (χ2v) is 6.73. The van der Waals surface area contributed by atoms with Crippen molar-refractivity contribution in [3.8, 4) is 0 Å². The number of hydrogen-bond donors (Lipinski definition) is 0. The van der Waals surface area contributed by atoms with Crippen molar-refractivity contribution in [1.82, 2.24) is 0 Å². The molecule has 20 heavy (non-hydrogen) atoms. The molecule has 5 heteroatoms. The molecule has 0 bridgehead atoms. The summed E-state index contributed by atoms with van der Waals surface area (Å²) in [6.07, 6.45) is 6.77. The molecule has 0 amide bonds. The molecule has 0 atom stereocenters. The minimum absolute atomic E-state index is 0.691. The van der Waals surface area contributed by atoms with E-state index < -0.39 is 9.28 Å². The molecule has 0 unspecified atom stereocenters. The molecular weight excluding hydrogens is 272 g/mol. The second kappa shape index (κ2) is 14.4. The van der Waals surface area contributed by atoms with Gasteiger partial charge in [0.05, 0.1) is 25.7 Å². The van der Waals surface area contributed by atoms with E-state index in [1.165, 1.54) is 12.5 Å². The molecule has 0 saturated carbocycles. The minimum atomic E-state index is -1.74. The van der Waals surface area contributed by atoms with Gasteiger partial charge in [-0.05, 0) is 37.8 Å². The number of ether oxygens (including phenoxy) is 2. The Hall–Kier alpha value is -1.04. The molecular formula is C15H28O4Si. The highest BCUT2D eigenvalue weighted by Gasteiger charge is 2.13. The van der Waals surface area contributed by atoms with Gasteiger partial charge < -0.3 is 18.3 Å². The Balaban J connectivity index is 3.58. The summed E-state index contributed by atoms with van der Waals surface area (Å²) in [7, 11) is -1.74. The van der Waals surface area contributed by atoms with Crippen molar-refractivity contribution in [3.05, 3.63) is 37.5 Å². The molecule has 0 rings (SSSR count). The van der Waals surface area contributed by atoms with E-state index in [2.05, 4.69) is 19.7 Å². The maximum absolute atomic E-state index is 5.80. The Labute approximate surface area is 124 Å². The molecule has 0 heterocycles. The molecule has 0 saturated heterocycles. The first-order valence-electron chi connectivity index (χ1n) is 7.06. The Morgan fingerprint density at radius 2 is 1.25 bits per heavy atom. The second-order valence-electron chi connectivity index (χ2n) is 4.41. The van der Waals surface area contributed by atoms with Crippen molar-refractivity contribution >= 4 is 9.28 Å².